The quantitative estimate of drug-likeness (QED) is 0.750. The van der Waals surface area contributed by atoms with Gasteiger partial charge in [0.05, 0.1) is 0 Å². The fourth-order valence-corrected chi connectivity index (χ4v) is 4.41. The van der Waals surface area contributed by atoms with Gasteiger partial charge < -0.3 is 0 Å². The van der Waals surface area contributed by atoms with Crippen LogP contribution in [0.4, 0.5) is 4.79 Å². The molecule has 1 N–H and O–H groups in total. The van der Waals surface area contributed by atoms with Crippen LogP contribution in [0, 0.1) is 0 Å². The molecule has 0 unspecified atom stereocenters. The fourth-order valence-electron chi connectivity index (χ4n) is 1.12. The van der Waals surface area contributed by atoms with E-state index in [1.54, 1.807) is 0 Å². The van der Waals surface area contributed by atoms with Crippen LogP contribution in [0.5, 0.6) is 0 Å². The summed E-state index contributed by atoms with van der Waals surface area (Å²) >= 11 is 0.210. The maximum atomic E-state index is 11.3. The average Bonchev–Trinajstić information content (AvgIpc) is 2.34. The summed E-state index contributed by atoms with van der Waals surface area (Å²) in [4.78, 5) is 11.3. The Kier molecular flexibility index (Phi) is 3.87. The Morgan fingerprint density at radius 1 is 1.54 bits per heavy atom. The van der Waals surface area contributed by atoms with E-state index in [4.69, 9.17) is 4.74 Å². The van der Waals surface area contributed by atoms with Crippen molar-refractivity contribution in [3.63, 3.8) is 0 Å². The fraction of sp³-hybridized carbons (Fsp3) is 0.889. The topological polar surface area (TPSA) is 38.3 Å². The van der Waals surface area contributed by atoms with E-state index in [9.17, 15) is 4.79 Å². The van der Waals surface area contributed by atoms with Gasteiger partial charge in [0, 0.05) is 0 Å². The molecular weight excluding hydrogens is 282 g/mol. The minimum atomic E-state index is -0.376. The summed E-state index contributed by atoms with van der Waals surface area (Å²) in [5.74, 6) is 0. The normalized spacial score (nSPS) is 22.8. The molecule has 76 valence electrons. The number of alkyl carbamates (subject to hydrolysis) is 1. The van der Waals surface area contributed by atoms with Gasteiger partial charge in [-0.2, -0.15) is 0 Å². The van der Waals surface area contributed by atoms with Crippen LogP contribution in [0.1, 0.15) is 27.2 Å². The molecule has 1 rings (SSSR count). The number of hydrogen-bond acceptors (Lipinski definition) is 2. The monoisotopic (exact) mass is 301 g/mol. The van der Waals surface area contributed by atoms with Gasteiger partial charge in [-0.1, -0.05) is 0 Å². The van der Waals surface area contributed by atoms with Crippen molar-refractivity contribution >= 4 is 27.0 Å². The van der Waals surface area contributed by atoms with Crippen LogP contribution in [0.25, 0.3) is 0 Å². The molecule has 1 fully saturated rings. The summed E-state index contributed by atoms with van der Waals surface area (Å²) in [7, 11) is 0. The molecule has 0 aromatic rings. The van der Waals surface area contributed by atoms with Crippen molar-refractivity contribution in [3.8, 4) is 0 Å². The van der Waals surface area contributed by atoms with Gasteiger partial charge in [-0.05, 0) is 0 Å². The molecule has 1 saturated heterocycles. The van der Waals surface area contributed by atoms with E-state index in [0.717, 1.165) is 6.42 Å². The third-order valence-electron chi connectivity index (χ3n) is 1.65. The summed E-state index contributed by atoms with van der Waals surface area (Å²) < 4.78 is 7.74. The van der Waals surface area contributed by atoms with Crippen LogP contribution >= 0.6 is 0 Å². The zero-order valence-corrected chi connectivity index (χ0v) is 10.8. The second kappa shape index (κ2) is 4.52. The van der Waals surface area contributed by atoms with Crippen LogP contribution < -0.4 is 5.32 Å². The molecule has 0 aromatic heterocycles. The van der Waals surface area contributed by atoms with Gasteiger partial charge in [0.2, 0.25) is 0 Å². The number of nitrogens with one attached hydrogen (secondary N) is 1. The molecule has 0 radical (unpaired) electrons. The standard InChI is InChI=1S/C9H17NO2Te/c1-9(2,3)12-8(11)10-7-4-5-13-6-7/h7H,4-6H2,1-3H3,(H,10,11)/t7-/m0/s1. The first-order chi connectivity index (χ1) is 5.97. The first-order valence-electron chi connectivity index (χ1n) is 4.54. The summed E-state index contributed by atoms with van der Waals surface area (Å²) in [6, 6.07) is 0.400. The molecule has 0 aliphatic carbocycles. The zero-order valence-electron chi connectivity index (χ0n) is 8.42. The summed E-state index contributed by atoms with van der Waals surface area (Å²) in [5, 5.41) is 2.91. The number of carbonyl (C=O) groups is 1. The third-order valence-corrected chi connectivity index (χ3v) is 4.97. The van der Waals surface area contributed by atoms with E-state index < -0.39 is 0 Å². The van der Waals surface area contributed by atoms with Crippen LogP contribution in [0.2, 0.25) is 8.94 Å². The van der Waals surface area contributed by atoms with Crippen LogP contribution in [0.3, 0.4) is 0 Å². The summed E-state index contributed by atoms with van der Waals surface area (Å²) in [6.07, 6.45) is 0.897. The number of amides is 1. The van der Waals surface area contributed by atoms with Gasteiger partial charge in [-0.3, -0.25) is 0 Å². The predicted octanol–water partition coefficient (Wildman–Crippen LogP) is 1.82. The van der Waals surface area contributed by atoms with Crippen molar-refractivity contribution in [1.29, 1.82) is 0 Å². The van der Waals surface area contributed by atoms with Crippen molar-refractivity contribution in [2.24, 2.45) is 0 Å². The minimum absolute atomic E-state index is 0.210. The Morgan fingerprint density at radius 3 is 2.69 bits per heavy atom. The molecule has 3 nitrogen and oxygen atoms in total. The maximum absolute atomic E-state index is 11.3. The van der Waals surface area contributed by atoms with E-state index in [2.05, 4.69) is 5.32 Å². The number of ether oxygens (including phenoxy) is 1. The van der Waals surface area contributed by atoms with Gasteiger partial charge in [0.15, 0.2) is 0 Å². The van der Waals surface area contributed by atoms with Crippen molar-refractivity contribution in [2.75, 3.05) is 0 Å². The third kappa shape index (κ3) is 4.73. The van der Waals surface area contributed by atoms with Crippen molar-refractivity contribution in [2.45, 2.75) is 47.8 Å². The van der Waals surface area contributed by atoms with Gasteiger partial charge in [-0.25, -0.2) is 0 Å². The van der Waals surface area contributed by atoms with Gasteiger partial charge in [-0.15, -0.1) is 0 Å². The molecule has 1 amide bonds. The van der Waals surface area contributed by atoms with Crippen LogP contribution in [-0.4, -0.2) is 38.7 Å². The molecule has 1 heterocycles. The van der Waals surface area contributed by atoms with Crippen molar-refractivity contribution in [3.05, 3.63) is 0 Å². The number of rotatable bonds is 1. The Labute approximate surface area is 89.7 Å². The molecule has 1 aliphatic heterocycles. The van der Waals surface area contributed by atoms with Crippen molar-refractivity contribution < 1.29 is 9.53 Å². The molecule has 0 bridgehead atoms. The summed E-state index contributed by atoms with van der Waals surface area (Å²) in [5.41, 5.74) is -0.376. The van der Waals surface area contributed by atoms with E-state index in [-0.39, 0.29) is 32.6 Å². The van der Waals surface area contributed by atoms with E-state index in [1.807, 2.05) is 20.8 Å². The summed E-state index contributed by atoms with van der Waals surface area (Å²) in [6.45, 7) is 5.65. The van der Waals surface area contributed by atoms with E-state index in [0.29, 0.717) is 6.04 Å². The Hall–Kier alpha value is 0.0596. The Bertz CT molecular complexity index is 183. The SMILES string of the molecule is CC(C)(C)OC(=O)N[C@H]1CC[Te]C1. The zero-order chi connectivity index (χ0) is 9.90. The predicted molar refractivity (Wildman–Crippen MR) is 53.1 cm³/mol. The molecule has 0 spiro atoms. The van der Waals surface area contributed by atoms with E-state index >= 15 is 0 Å². The van der Waals surface area contributed by atoms with E-state index in [1.165, 1.54) is 8.94 Å². The molecule has 0 saturated carbocycles. The second-order valence-corrected chi connectivity index (χ2v) is 7.49. The first kappa shape index (κ1) is 11.1. The molecule has 13 heavy (non-hydrogen) atoms. The van der Waals surface area contributed by atoms with Gasteiger partial charge in [0.25, 0.3) is 0 Å². The van der Waals surface area contributed by atoms with Crippen LogP contribution in [0.15, 0.2) is 0 Å². The molecular formula is C9H17NO2Te. The molecule has 1 aliphatic rings. The Morgan fingerprint density at radius 2 is 2.23 bits per heavy atom. The molecule has 1 atom stereocenters. The molecule has 4 heteroatoms. The molecule has 0 aromatic carbocycles. The van der Waals surface area contributed by atoms with Gasteiger partial charge in [0.1, 0.15) is 0 Å². The van der Waals surface area contributed by atoms with Crippen LogP contribution in [-0.2, 0) is 4.74 Å². The number of hydrogen-bond donors (Lipinski definition) is 1. The average molecular weight is 299 g/mol. The van der Waals surface area contributed by atoms with Gasteiger partial charge >= 0.3 is 89.6 Å². The Balaban J connectivity index is 2.24. The second-order valence-electron chi connectivity index (χ2n) is 4.21. The number of carbonyl (C=O) groups excluding carboxylic acids is 1. The van der Waals surface area contributed by atoms with Crippen molar-refractivity contribution in [1.82, 2.24) is 5.32 Å². The first-order valence-corrected chi connectivity index (χ1v) is 7.84.